The monoisotopic (exact) mass is 293 g/mol. The molecule has 1 heterocycles. The SMILES string of the molecule is N#Cc1cccnc1Nc1ccccc1OS(=O)(=O)F. The lowest BCUT2D eigenvalue weighted by Crippen LogP contribution is -2.04. The van der Waals surface area contributed by atoms with Gasteiger partial charge >= 0.3 is 10.5 Å². The third-order valence-electron chi connectivity index (χ3n) is 2.26. The standard InChI is InChI=1S/C12H8FN3O3S/c13-20(17,18)19-11-6-2-1-5-10(11)16-12-9(8-14)4-3-7-15-12/h1-7H,(H,15,16). The molecule has 8 heteroatoms. The van der Waals surface area contributed by atoms with Gasteiger partial charge in [-0.3, -0.25) is 0 Å². The smallest absolute Gasteiger partial charge is 0.356 e. The number of halogens is 1. The highest BCUT2D eigenvalue weighted by Crippen LogP contribution is 2.29. The van der Waals surface area contributed by atoms with Gasteiger partial charge < -0.3 is 9.50 Å². The molecule has 0 saturated heterocycles. The van der Waals surface area contributed by atoms with Gasteiger partial charge in [0, 0.05) is 6.20 Å². The second kappa shape index (κ2) is 5.54. The highest BCUT2D eigenvalue weighted by molar-refractivity contribution is 7.81. The maximum absolute atomic E-state index is 12.6. The van der Waals surface area contributed by atoms with E-state index in [2.05, 4.69) is 14.5 Å². The Kier molecular flexibility index (Phi) is 3.81. The lowest BCUT2D eigenvalue weighted by atomic mass is 10.2. The number of nitriles is 1. The Morgan fingerprint density at radius 1 is 1.25 bits per heavy atom. The number of benzene rings is 1. The van der Waals surface area contributed by atoms with Crippen LogP contribution in [0.15, 0.2) is 42.6 Å². The van der Waals surface area contributed by atoms with E-state index in [1.165, 1.54) is 30.5 Å². The minimum atomic E-state index is -5.13. The van der Waals surface area contributed by atoms with Crippen LogP contribution in [0.3, 0.4) is 0 Å². The third-order valence-corrected chi connectivity index (χ3v) is 2.64. The molecule has 0 spiro atoms. The van der Waals surface area contributed by atoms with E-state index in [0.717, 1.165) is 0 Å². The summed E-state index contributed by atoms with van der Waals surface area (Å²) in [6.45, 7) is 0. The van der Waals surface area contributed by atoms with E-state index in [-0.39, 0.29) is 22.8 Å². The fraction of sp³-hybridized carbons (Fsp3) is 0. The van der Waals surface area contributed by atoms with Crippen molar-refractivity contribution in [2.24, 2.45) is 0 Å². The Balaban J connectivity index is 2.37. The summed E-state index contributed by atoms with van der Waals surface area (Å²) >= 11 is 0. The molecule has 6 nitrogen and oxygen atoms in total. The molecular weight excluding hydrogens is 285 g/mol. The summed E-state index contributed by atoms with van der Waals surface area (Å²) in [5.74, 6) is -0.0214. The number of nitrogens with zero attached hydrogens (tertiary/aromatic N) is 2. The third kappa shape index (κ3) is 3.43. The first-order valence-corrected chi connectivity index (χ1v) is 6.66. The molecule has 102 valence electrons. The van der Waals surface area contributed by atoms with Crippen LogP contribution >= 0.6 is 0 Å². The molecular formula is C12H8FN3O3S. The van der Waals surface area contributed by atoms with E-state index in [1.54, 1.807) is 12.1 Å². The zero-order valence-electron chi connectivity index (χ0n) is 9.95. The molecule has 2 rings (SSSR count). The average Bonchev–Trinajstić information content (AvgIpc) is 2.40. The van der Waals surface area contributed by atoms with Crippen LogP contribution in [0.4, 0.5) is 15.4 Å². The van der Waals surface area contributed by atoms with Crippen molar-refractivity contribution in [1.82, 2.24) is 4.98 Å². The number of hydrogen-bond acceptors (Lipinski definition) is 6. The molecule has 0 bridgehead atoms. The van der Waals surface area contributed by atoms with E-state index in [9.17, 15) is 12.3 Å². The van der Waals surface area contributed by atoms with Gasteiger partial charge in [0.25, 0.3) is 0 Å². The molecule has 0 aliphatic heterocycles. The predicted octanol–water partition coefficient (Wildman–Crippen LogP) is 2.29. The van der Waals surface area contributed by atoms with Crippen molar-refractivity contribution in [2.45, 2.75) is 0 Å². The van der Waals surface area contributed by atoms with Crippen LogP contribution in [0.1, 0.15) is 5.56 Å². The van der Waals surface area contributed by atoms with E-state index in [4.69, 9.17) is 5.26 Å². The van der Waals surface area contributed by atoms with Crippen molar-refractivity contribution in [3.63, 3.8) is 0 Å². The molecule has 0 aliphatic carbocycles. The number of nitrogens with one attached hydrogen (secondary N) is 1. The predicted molar refractivity (Wildman–Crippen MR) is 69.3 cm³/mol. The van der Waals surface area contributed by atoms with Crippen LogP contribution in [0.5, 0.6) is 5.75 Å². The maximum Gasteiger partial charge on any atom is 0.488 e. The molecule has 0 saturated carbocycles. The fourth-order valence-corrected chi connectivity index (χ4v) is 1.83. The molecule has 1 aromatic heterocycles. The van der Waals surface area contributed by atoms with E-state index in [1.807, 2.05) is 6.07 Å². The maximum atomic E-state index is 12.6. The Morgan fingerprint density at radius 2 is 2.00 bits per heavy atom. The molecule has 0 radical (unpaired) electrons. The number of hydrogen-bond donors (Lipinski definition) is 1. The zero-order valence-corrected chi connectivity index (χ0v) is 10.8. The van der Waals surface area contributed by atoms with Gasteiger partial charge in [-0.05, 0) is 24.3 Å². The van der Waals surface area contributed by atoms with E-state index in [0.29, 0.717) is 0 Å². The minimum absolute atomic E-state index is 0.170. The lowest BCUT2D eigenvalue weighted by molar-refractivity contribution is 0.441. The molecule has 0 unspecified atom stereocenters. The second-order valence-corrected chi connectivity index (χ2v) is 4.56. The Bertz CT molecular complexity index is 772. The molecule has 2 aromatic rings. The van der Waals surface area contributed by atoms with Crippen LogP contribution in [0, 0.1) is 11.3 Å². The summed E-state index contributed by atoms with van der Waals surface area (Å²) in [7, 11) is -5.13. The zero-order chi connectivity index (χ0) is 14.6. The van der Waals surface area contributed by atoms with Gasteiger partial charge in [0.1, 0.15) is 11.9 Å². The molecule has 1 aromatic carbocycles. The Labute approximate surface area is 114 Å². The first-order chi connectivity index (χ1) is 9.49. The van der Waals surface area contributed by atoms with Crippen LogP contribution in [-0.4, -0.2) is 13.4 Å². The van der Waals surface area contributed by atoms with Crippen molar-refractivity contribution in [3.05, 3.63) is 48.2 Å². The number of para-hydroxylation sites is 2. The molecule has 0 amide bonds. The molecule has 20 heavy (non-hydrogen) atoms. The van der Waals surface area contributed by atoms with Crippen LogP contribution in [0.25, 0.3) is 0 Å². The van der Waals surface area contributed by atoms with Gasteiger partial charge in [0.2, 0.25) is 0 Å². The van der Waals surface area contributed by atoms with Crippen molar-refractivity contribution < 1.29 is 16.5 Å². The van der Waals surface area contributed by atoms with Gasteiger partial charge in [-0.25, -0.2) is 4.98 Å². The lowest BCUT2D eigenvalue weighted by Gasteiger charge is -2.10. The van der Waals surface area contributed by atoms with Gasteiger partial charge in [0.05, 0.1) is 11.3 Å². The van der Waals surface area contributed by atoms with Gasteiger partial charge in [-0.1, -0.05) is 16.0 Å². The summed E-state index contributed by atoms with van der Waals surface area (Å²) in [5.41, 5.74) is 0.425. The van der Waals surface area contributed by atoms with Crippen molar-refractivity contribution in [1.29, 1.82) is 5.26 Å². The van der Waals surface area contributed by atoms with E-state index < -0.39 is 10.5 Å². The average molecular weight is 293 g/mol. The summed E-state index contributed by atoms with van der Waals surface area (Å²) in [5, 5.41) is 11.7. The fourth-order valence-electron chi connectivity index (χ4n) is 1.47. The molecule has 0 fully saturated rings. The van der Waals surface area contributed by atoms with Gasteiger partial charge in [-0.15, -0.1) is 0 Å². The molecule has 0 aliphatic rings. The second-order valence-electron chi connectivity index (χ2n) is 3.61. The minimum Gasteiger partial charge on any atom is -0.356 e. The van der Waals surface area contributed by atoms with Crippen LogP contribution in [-0.2, 0) is 10.5 Å². The summed E-state index contributed by atoms with van der Waals surface area (Å²) in [4.78, 5) is 3.95. The summed E-state index contributed by atoms with van der Waals surface area (Å²) in [6, 6.07) is 10.9. The van der Waals surface area contributed by atoms with E-state index >= 15 is 0 Å². The number of pyridine rings is 1. The topological polar surface area (TPSA) is 92.1 Å². The largest absolute Gasteiger partial charge is 0.488 e. The summed E-state index contributed by atoms with van der Waals surface area (Å²) < 4.78 is 37.9. The number of rotatable bonds is 4. The first kappa shape index (κ1) is 13.8. The van der Waals surface area contributed by atoms with Gasteiger partial charge in [-0.2, -0.15) is 13.7 Å². The van der Waals surface area contributed by atoms with Crippen LogP contribution < -0.4 is 9.50 Å². The highest BCUT2D eigenvalue weighted by Gasteiger charge is 2.14. The van der Waals surface area contributed by atoms with Crippen molar-refractivity contribution in [2.75, 3.05) is 5.32 Å². The first-order valence-electron chi connectivity index (χ1n) is 5.35. The quantitative estimate of drug-likeness (QED) is 0.869. The highest BCUT2D eigenvalue weighted by atomic mass is 32.3. The van der Waals surface area contributed by atoms with Gasteiger partial charge in [0.15, 0.2) is 5.75 Å². The Hall–Kier alpha value is -2.66. The normalized spacial score (nSPS) is 10.6. The summed E-state index contributed by atoms with van der Waals surface area (Å²) in [6.07, 6.45) is 1.46. The van der Waals surface area contributed by atoms with Crippen molar-refractivity contribution >= 4 is 22.0 Å². The Morgan fingerprint density at radius 3 is 2.70 bits per heavy atom. The molecule has 0 atom stereocenters. The number of aromatic nitrogens is 1. The van der Waals surface area contributed by atoms with Crippen LogP contribution in [0.2, 0.25) is 0 Å². The number of anilines is 2. The molecule has 1 N–H and O–H groups in total. The van der Waals surface area contributed by atoms with Crippen molar-refractivity contribution in [3.8, 4) is 11.8 Å².